The van der Waals surface area contributed by atoms with Crippen molar-refractivity contribution in [2.75, 3.05) is 13.1 Å². The summed E-state index contributed by atoms with van der Waals surface area (Å²) in [5, 5.41) is 20.0. The van der Waals surface area contributed by atoms with Crippen molar-refractivity contribution in [3.05, 3.63) is 18.0 Å². The monoisotopic (exact) mass is 308 g/mol. The van der Waals surface area contributed by atoms with E-state index in [4.69, 9.17) is 0 Å². The molecular formula is C16H28N4O2. The number of nitrogens with zero attached hydrogens (tertiary/aromatic N) is 2. The Morgan fingerprint density at radius 2 is 2.18 bits per heavy atom. The van der Waals surface area contributed by atoms with E-state index in [1.165, 1.54) is 32.1 Å². The highest BCUT2D eigenvalue weighted by molar-refractivity contribution is 5.73. The average Bonchev–Trinajstić information content (AvgIpc) is 3.13. The first kappa shape index (κ1) is 16.8. The maximum absolute atomic E-state index is 11.8. The Kier molecular flexibility index (Phi) is 5.83. The second kappa shape index (κ2) is 7.63. The van der Waals surface area contributed by atoms with Gasteiger partial charge in [-0.25, -0.2) is 4.79 Å². The Morgan fingerprint density at radius 1 is 1.45 bits per heavy atom. The molecule has 1 fully saturated rings. The first-order chi connectivity index (χ1) is 10.5. The van der Waals surface area contributed by atoms with Crippen molar-refractivity contribution >= 4 is 6.03 Å². The summed E-state index contributed by atoms with van der Waals surface area (Å²) in [4.78, 5) is 11.8. The van der Waals surface area contributed by atoms with Crippen LogP contribution in [-0.4, -0.2) is 34.0 Å². The largest absolute Gasteiger partial charge is 0.383 e. The lowest BCUT2D eigenvalue weighted by Crippen LogP contribution is -2.43. The number of hydrogen-bond acceptors (Lipinski definition) is 3. The lowest BCUT2D eigenvalue weighted by molar-refractivity contribution is 0.0593. The summed E-state index contributed by atoms with van der Waals surface area (Å²) >= 11 is 0. The number of aromatic nitrogens is 2. The van der Waals surface area contributed by atoms with Gasteiger partial charge in [0.2, 0.25) is 0 Å². The van der Waals surface area contributed by atoms with Crippen LogP contribution in [-0.2, 0) is 12.6 Å². The third kappa shape index (κ3) is 5.02. The van der Waals surface area contributed by atoms with Crippen LogP contribution >= 0.6 is 0 Å². The zero-order chi connectivity index (χ0) is 16.0. The second-order valence-electron chi connectivity index (χ2n) is 6.58. The van der Waals surface area contributed by atoms with E-state index in [1.54, 1.807) is 31.0 Å². The normalized spacial score (nSPS) is 18.1. The second-order valence-corrected chi connectivity index (χ2v) is 6.58. The number of urea groups is 1. The molecule has 1 saturated carbocycles. The van der Waals surface area contributed by atoms with Crippen LogP contribution in [0.4, 0.5) is 4.79 Å². The predicted molar refractivity (Wildman–Crippen MR) is 85.4 cm³/mol. The van der Waals surface area contributed by atoms with Gasteiger partial charge in [-0.15, -0.1) is 0 Å². The van der Waals surface area contributed by atoms with Crippen molar-refractivity contribution in [3.63, 3.8) is 0 Å². The number of amides is 2. The molecule has 1 unspecified atom stereocenters. The highest BCUT2D eigenvalue weighted by Gasteiger charge is 2.25. The van der Waals surface area contributed by atoms with Gasteiger partial charge in [0.25, 0.3) is 0 Å². The fraction of sp³-hybridized carbons (Fsp3) is 0.750. The van der Waals surface area contributed by atoms with Crippen LogP contribution in [0.25, 0.3) is 0 Å². The standard InChI is InChI=1S/C16H28N4O2/c1-16(22,14-10-19-20(2)11-14)12-18-15(21)17-9-5-8-13-6-3-4-7-13/h10-11,13,22H,3-9,12H2,1-2H3,(H2,17,18,21). The Hall–Kier alpha value is -1.56. The summed E-state index contributed by atoms with van der Waals surface area (Å²) in [5.74, 6) is 0.858. The lowest BCUT2D eigenvalue weighted by Gasteiger charge is -2.22. The smallest absolute Gasteiger partial charge is 0.314 e. The summed E-state index contributed by atoms with van der Waals surface area (Å²) in [6, 6.07) is -0.226. The van der Waals surface area contributed by atoms with Gasteiger partial charge in [0.15, 0.2) is 0 Å². The highest BCUT2D eigenvalue weighted by Crippen LogP contribution is 2.28. The van der Waals surface area contributed by atoms with E-state index in [1.807, 2.05) is 0 Å². The van der Waals surface area contributed by atoms with Crippen molar-refractivity contribution in [2.24, 2.45) is 13.0 Å². The number of carbonyl (C=O) groups is 1. The summed E-state index contributed by atoms with van der Waals surface area (Å²) in [5.41, 5.74) is -0.424. The molecule has 6 nitrogen and oxygen atoms in total. The third-order valence-corrected chi connectivity index (χ3v) is 4.47. The number of rotatable bonds is 7. The van der Waals surface area contributed by atoms with Crippen molar-refractivity contribution in [1.82, 2.24) is 20.4 Å². The number of carbonyl (C=O) groups excluding carboxylic acids is 1. The minimum atomic E-state index is -1.12. The van der Waals surface area contributed by atoms with E-state index in [2.05, 4.69) is 15.7 Å². The zero-order valence-corrected chi connectivity index (χ0v) is 13.6. The summed E-state index contributed by atoms with van der Waals surface area (Å²) in [6.07, 6.45) is 11.0. The van der Waals surface area contributed by atoms with Crippen LogP contribution < -0.4 is 10.6 Å². The van der Waals surface area contributed by atoms with Gasteiger partial charge in [0.05, 0.1) is 12.7 Å². The van der Waals surface area contributed by atoms with Gasteiger partial charge >= 0.3 is 6.03 Å². The molecule has 0 aromatic carbocycles. The lowest BCUT2D eigenvalue weighted by atomic mass is 10.00. The van der Waals surface area contributed by atoms with Crippen LogP contribution in [0.15, 0.2) is 12.4 Å². The third-order valence-electron chi connectivity index (χ3n) is 4.47. The van der Waals surface area contributed by atoms with Crippen LogP contribution in [0.1, 0.15) is 51.0 Å². The molecular weight excluding hydrogens is 280 g/mol. The van der Waals surface area contributed by atoms with Crippen LogP contribution in [0.2, 0.25) is 0 Å². The highest BCUT2D eigenvalue weighted by atomic mass is 16.3. The molecule has 0 bridgehead atoms. The van der Waals surface area contributed by atoms with Gasteiger partial charge in [0.1, 0.15) is 5.60 Å². The molecule has 1 aromatic heterocycles. The molecule has 2 rings (SSSR count). The predicted octanol–water partition coefficient (Wildman–Crippen LogP) is 1.90. The summed E-state index contributed by atoms with van der Waals surface area (Å²) in [7, 11) is 1.80. The Labute approximate surface area is 132 Å². The van der Waals surface area contributed by atoms with Gasteiger partial charge in [-0.2, -0.15) is 5.10 Å². The van der Waals surface area contributed by atoms with Gasteiger partial charge in [0, 0.05) is 25.4 Å². The summed E-state index contributed by atoms with van der Waals surface area (Å²) < 4.78 is 1.63. The average molecular weight is 308 g/mol. The van der Waals surface area contributed by atoms with Gasteiger partial charge in [-0.1, -0.05) is 25.7 Å². The maximum Gasteiger partial charge on any atom is 0.314 e. The number of hydrogen-bond donors (Lipinski definition) is 3. The molecule has 1 atom stereocenters. The van der Waals surface area contributed by atoms with E-state index in [9.17, 15) is 9.90 Å². The molecule has 0 aliphatic heterocycles. The summed E-state index contributed by atoms with van der Waals surface area (Å²) in [6.45, 7) is 2.52. The van der Waals surface area contributed by atoms with Crippen molar-refractivity contribution in [1.29, 1.82) is 0 Å². The van der Waals surface area contributed by atoms with E-state index in [0.717, 1.165) is 12.3 Å². The van der Waals surface area contributed by atoms with Gasteiger partial charge < -0.3 is 15.7 Å². The molecule has 2 amide bonds. The first-order valence-electron chi connectivity index (χ1n) is 8.20. The zero-order valence-electron chi connectivity index (χ0n) is 13.6. The molecule has 1 aromatic rings. The molecule has 124 valence electrons. The number of aliphatic hydroxyl groups is 1. The van der Waals surface area contributed by atoms with Crippen LogP contribution in [0, 0.1) is 5.92 Å². The molecule has 1 aliphatic carbocycles. The molecule has 1 heterocycles. The molecule has 0 radical (unpaired) electrons. The van der Waals surface area contributed by atoms with Crippen LogP contribution in [0.3, 0.4) is 0 Å². The Balaban J connectivity index is 1.62. The molecule has 6 heteroatoms. The van der Waals surface area contributed by atoms with E-state index >= 15 is 0 Å². The quantitative estimate of drug-likeness (QED) is 0.673. The van der Waals surface area contributed by atoms with E-state index in [0.29, 0.717) is 12.1 Å². The van der Waals surface area contributed by atoms with Gasteiger partial charge in [-0.05, 0) is 25.7 Å². The van der Waals surface area contributed by atoms with Gasteiger partial charge in [-0.3, -0.25) is 4.68 Å². The molecule has 0 saturated heterocycles. The van der Waals surface area contributed by atoms with Crippen LogP contribution in [0.5, 0.6) is 0 Å². The SMILES string of the molecule is Cn1cc(C(C)(O)CNC(=O)NCCCC2CCCC2)cn1. The Morgan fingerprint density at radius 3 is 2.82 bits per heavy atom. The maximum atomic E-state index is 11.8. The number of aryl methyl sites for hydroxylation is 1. The molecule has 22 heavy (non-hydrogen) atoms. The minimum absolute atomic E-state index is 0.160. The van der Waals surface area contributed by atoms with Crippen molar-refractivity contribution < 1.29 is 9.90 Å². The molecule has 0 spiro atoms. The topological polar surface area (TPSA) is 79.2 Å². The number of nitrogens with one attached hydrogen (secondary N) is 2. The van der Waals surface area contributed by atoms with E-state index in [-0.39, 0.29) is 12.6 Å². The van der Waals surface area contributed by atoms with Crippen molar-refractivity contribution in [2.45, 2.75) is 51.0 Å². The van der Waals surface area contributed by atoms with Crippen molar-refractivity contribution in [3.8, 4) is 0 Å². The Bertz CT molecular complexity index is 478. The fourth-order valence-corrected chi connectivity index (χ4v) is 3.01. The molecule has 3 N–H and O–H groups in total. The minimum Gasteiger partial charge on any atom is -0.383 e. The molecule has 1 aliphatic rings. The first-order valence-corrected chi connectivity index (χ1v) is 8.20. The fourth-order valence-electron chi connectivity index (χ4n) is 3.01. The van der Waals surface area contributed by atoms with E-state index < -0.39 is 5.60 Å².